The maximum atomic E-state index is 4.02. The molecule has 0 radical (unpaired) electrons. The molecule has 0 spiro atoms. The van der Waals surface area contributed by atoms with Gasteiger partial charge in [0.25, 0.3) is 0 Å². The van der Waals surface area contributed by atoms with Crippen LogP contribution in [-0.4, -0.2) is 0 Å². The molecule has 13 heavy (non-hydrogen) atoms. The first-order valence-electron chi connectivity index (χ1n) is 5.46. The highest BCUT2D eigenvalue weighted by molar-refractivity contribution is 4.95. The minimum Gasteiger partial charge on any atom is -0.0999 e. The SMILES string of the molecule is C=C(C)C(C)CC(C)C(C)(C)CC. The normalized spacial score (nSPS) is 16.8. The molecule has 0 aliphatic rings. The Labute approximate surface area is 84.4 Å². The standard InChI is InChI=1S/C13H26/c1-8-13(6,7)12(5)9-11(4)10(2)3/h11-12H,2,8-9H2,1,3-7H3. The molecule has 0 amide bonds. The van der Waals surface area contributed by atoms with Gasteiger partial charge in [0.15, 0.2) is 0 Å². The van der Waals surface area contributed by atoms with Gasteiger partial charge in [0.05, 0.1) is 0 Å². The molecule has 0 nitrogen and oxygen atoms in total. The van der Waals surface area contributed by atoms with E-state index in [1.54, 1.807) is 0 Å². The highest BCUT2D eigenvalue weighted by Gasteiger charge is 2.24. The Hall–Kier alpha value is -0.260. The van der Waals surface area contributed by atoms with Crippen molar-refractivity contribution in [1.29, 1.82) is 0 Å². The quantitative estimate of drug-likeness (QED) is 0.542. The fraction of sp³-hybridized carbons (Fsp3) is 0.846. The molecule has 0 rings (SSSR count). The van der Waals surface area contributed by atoms with E-state index in [1.165, 1.54) is 18.4 Å². The number of hydrogen-bond acceptors (Lipinski definition) is 0. The third-order valence-electron chi connectivity index (χ3n) is 3.79. The van der Waals surface area contributed by atoms with Gasteiger partial charge in [0.2, 0.25) is 0 Å². The molecular weight excluding hydrogens is 156 g/mol. The van der Waals surface area contributed by atoms with E-state index in [4.69, 9.17) is 0 Å². The van der Waals surface area contributed by atoms with Gasteiger partial charge in [-0.25, -0.2) is 0 Å². The lowest BCUT2D eigenvalue weighted by Crippen LogP contribution is -2.22. The van der Waals surface area contributed by atoms with E-state index in [9.17, 15) is 0 Å². The van der Waals surface area contributed by atoms with Gasteiger partial charge < -0.3 is 0 Å². The molecule has 0 aromatic rings. The van der Waals surface area contributed by atoms with Gasteiger partial charge in [-0.05, 0) is 30.6 Å². The van der Waals surface area contributed by atoms with E-state index >= 15 is 0 Å². The Bertz CT molecular complexity index is 165. The van der Waals surface area contributed by atoms with Gasteiger partial charge in [-0.2, -0.15) is 0 Å². The van der Waals surface area contributed by atoms with E-state index in [1.807, 2.05) is 0 Å². The van der Waals surface area contributed by atoms with Crippen LogP contribution in [0, 0.1) is 17.3 Å². The van der Waals surface area contributed by atoms with Gasteiger partial charge in [0.1, 0.15) is 0 Å². The predicted octanol–water partition coefficient (Wildman–Crippen LogP) is 4.66. The summed E-state index contributed by atoms with van der Waals surface area (Å²) < 4.78 is 0. The molecule has 0 heteroatoms. The van der Waals surface area contributed by atoms with Crippen molar-refractivity contribution in [2.75, 3.05) is 0 Å². The van der Waals surface area contributed by atoms with Crippen molar-refractivity contribution in [3.05, 3.63) is 12.2 Å². The molecule has 0 aliphatic heterocycles. The van der Waals surface area contributed by atoms with Crippen LogP contribution in [0.3, 0.4) is 0 Å². The zero-order valence-electron chi connectivity index (χ0n) is 10.3. The molecule has 0 aliphatic carbocycles. The summed E-state index contributed by atoms with van der Waals surface area (Å²) >= 11 is 0. The molecule has 0 fully saturated rings. The van der Waals surface area contributed by atoms with Crippen molar-refractivity contribution in [1.82, 2.24) is 0 Å². The van der Waals surface area contributed by atoms with Crippen molar-refractivity contribution >= 4 is 0 Å². The fourth-order valence-corrected chi connectivity index (χ4v) is 1.40. The predicted molar refractivity (Wildman–Crippen MR) is 61.8 cm³/mol. The van der Waals surface area contributed by atoms with Crippen LogP contribution in [0.4, 0.5) is 0 Å². The summed E-state index contributed by atoms with van der Waals surface area (Å²) in [6, 6.07) is 0. The molecule has 0 bridgehead atoms. The Morgan fingerprint density at radius 1 is 1.31 bits per heavy atom. The molecule has 78 valence electrons. The van der Waals surface area contributed by atoms with Gasteiger partial charge >= 0.3 is 0 Å². The lowest BCUT2D eigenvalue weighted by Gasteiger charge is -2.32. The lowest BCUT2D eigenvalue weighted by molar-refractivity contribution is 0.194. The molecule has 2 atom stereocenters. The second-order valence-electron chi connectivity index (χ2n) is 5.23. The highest BCUT2D eigenvalue weighted by atomic mass is 14.3. The second kappa shape index (κ2) is 4.83. The summed E-state index contributed by atoms with van der Waals surface area (Å²) in [5.41, 5.74) is 1.79. The first kappa shape index (κ1) is 12.7. The minimum atomic E-state index is 0.476. The second-order valence-corrected chi connectivity index (χ2v) is 5.23. The molecule has 0 saturated heterocycles. The summed E-state index contributed by atoms with van der Waals surface area (Å²) in [6.07, 6.45) is 2.53. The summed E-state index contributed by atoms with van der Waals surface area (Å²) in [4.78, 5) is 0. The Kier molecular flexibility index (Phi) is 4.74. The summed E-state index contributed by atoms with van der Waals surface area (Å²) in [5, 5.41) is 0. The average Bonchev–Trinajstić information content (AvgIpc) is 2.04. The van der Waals surface area contributed by atoms with Crippen LogP contribution in [0.1, 0.15) is 54.4 Å². The van der Waals surface area contributed by atoms with Gasteiger partial charge in [-0.15, -0.1) is 0 Å². The van der Waals surface area contributed by atoms with E-state index < -0.39 is 0 Å². The molecule has 0 aromatic carbocycles. The third kappa shape index (κ3) is 3.97. The summed E-state index contributed by atoms with van der Waals surface area (Å²) in [5.74, 6) is 1.45. The van der Waals surface area contributed by atoms with E-state index in [0.717, 1.165) is 5.92 Å². The first-order valence-corrected chi connectivity index (χ1v) is 5.46. The molecule has 0 N–H and O–H groups in total. The zero-order valence-corrected chi connectivity index (χ0v) is 10.3. The molecule has 0 saturated carbocycles. The number of allylic oxidation sites excluding steroid dienone is 1. The Morgan fingerprint density at radius 3 is 2.08 bits per heavy atom. The topological polar surface area (TPSA) is 0 Å². The maximum Gasteiger partial charge on any atom is -0.0234 e. The molecule has 0 heterocycles. The van der Waals surface area contributed by atoms with E-state index in [0.29, 0.717) is 11.3 Å². The molecule has 0 aromatic heterocycles. The van der Waals surface area contributed by atoms with Crippen molar-refractivity contribution in [2.24, 2.45) is 17.3 Å². The average molecular weight is 182 g/mol. The van der Waals surface area contributed by atoms with Crippen LogP contribution in [0.25, 0.3) is 0 Å². The van der Waals surface area contributed by atoms with Crippen molar-refractivity contribution < 1.29 is 0 Å². The van der Waals surface area contributed by atoms with Gasteiger partial charge in [-0.1, -0.05) is 53.2 Å². The number of rotatable bonds is 5. The van der Waals surface area contributed by atoms with Crippen LogP contribution >= 0.6 is 0 Å². The Balaban J connectivity index is 4.14. The molecule has 2 unspecified atom stereocenters. The van der Waals surface area contributed by atoms with Crippen molar-refractivity contribution in [2.45, 2.75) is 54.4 Å². The lowest BCUT2D eigenvalue weighted by atomic mass is 9.73. The maximum absolute atomic E-state index is 4.02. The van der Waals surface area contributed by atoms with E-state index in [-0.39, 0.29) is 0 Å². The van der Waals surface area contributed by atoms with Crippen molar-refractivity contribution in [3.63, 3.8) is 0 Å². The summed E-state index contributed by atoms with van der Waals surface area (Å²) in [7, 11) is 0. The fourth-order valence-electron chi connectivity index (χ4n) is 1.40. The number of hydrogen-bond donors (Lipinski definition) is 0. The Morgan fingerprint density at radius 2 is 1.77 bits per heavy atom. The summed E-state index contributed by atoms with van der Waals surface area (Å²) in [6.45, 7) is 17.8. The third-order valence-corrected chi connectivity index (χ3v) is 3.79. The van der Waals surface area contributed by atoms with Crippen LogP contribution in [0.5, 0.6) is 0 Å². The van der Waals surface area contributed by atoms with Crippen LogP contribution in [0.2, 0.25) is 0 Å². The molecular formula is C13H26. The first-order chi connectivity index (χ1) is 5.81. The largest absolute Gasteiger partial charge is 0.0999 e. The van der Waals surface area contributed by atoms with Crippen LogP contribution < -0.4 is 0 Å². The monoisotopic (exact) mass is 182 g/mol. The van der Waals surface area contributed by atoms with Gasteiger partial charge in [-0.3, -0.25) is 0 Å². The zero-order chi connectivity index (χ0) is 10.6. The van der Waals surface area contributed by atoms with Gasteiger partial charge in [0, 0.05) is 0 Å². The highest BCUT2D eigenvalue weighted by Crippen LogP contribution is 2.35. The smallest absolute Gasteiger partial charge is 0.0234 e. The van der Waals surface area contributed by atoms with E-state index in [2.05, 4.69) is 48.1 Å². The van der Waals surface area contributed by atoms with Crippen LogP contribution in [0.15, 0.2) is 12.2 Å². The van der Waals surface area contributed by atoms with Crippen LogP contribution in [-0.2, 0) is 0 Å². The minimum absolute atomic E-state index is 0.476. The van der Waals surface area contributed by atoms with Crippen molar-refractivity contribution in [3.8, 4) is 0 Å².